The molecule has 128 valence electrons. The van der Waals surface area contributed by atoms with Crippen molar-refractivity contribution in [1.82, 2.24) is 0 Å². The van der Waals surface area contributed by atoms with Gasteiger partial charge in [-0.25, -0.2) is 0 Å². The Labute approximate surface area is 145 Å². The van der Waals surface area contributed by atoms with Crippen LogP contribution in [0.4, 0.5) is 0 Å². The molecule has 2 nitrogen and oxygen atoms in total. The second-order valence-electron chi connectivity index (χ2n) is 9.31. The second-order valence-corrected chi connectivity index (χ2v) is 9.31. The van der Waals surface area contributed by atoms with Crippen LogP contribution < -0.4 is 0 Å². The van der Waals surface area contributed by atoms with E-state index in [0.29, 0.717) is 11.8 Å². The van der Waals surface area contributed by atoms with Gasteiger partial charge in [-0.2, -0.15) is 0 Å². The number of aromatic hydroxyl groups is 1. The molecule has 1 aromatic rings. The van der Waals surface area contributed by atoms with Gasteiger partial charge in [0.25, 0.3) is 0 Å². The van der Waals surface area contributed by atoms with Crippen LogP contribution in [0.25, 0.3) is 0 Å². The molecule has 1 N–H and O–H groups in total. The van der Waals surface area contributed by atoms with Gasteiger partial charge in [-0.05, 0) is 99.5 Å². The maximum absolute atomic E-state index is 11.1. The molecule has 0 aromatic heterocycles. The highest BCUT2D eigenvalue weighted by Crippen LogP contribution is 2.62. The highest BCUT2D eigenvalue weighted by Gasteiger charge is 2.52. The van der Waals surface area contributed by atoms with E-state index in [-0.39, 0.29) is 5.41 Å². The van der Waals surface area contributed by atoms with E-state index < -0.39 is 0 Å². The minimum Gasteiger partial charge on any atom is -0.507 e. The number of rotatable bonds is 3. The molecule has 0 radical (unpaired) electrons. The lowest BCUT2D eigenvalue weighted by Gasteiger charge is -2.57. The Morgan fingerprint density at radius 2 is 1.67 bits per heavy atom. The van der Waals surface area contributed by atoms with E-state index in [1.165, 1.54) is 68.9 Å². The highest BCUT2D eigenvalue weighted by molar-refractivity contribution is 5.85. The number of hydrogen-bond acceptors (Lipinski definition) is 2. The van der Waals surface area contributed by atoms with E-state index in [0.717, 1.165) is 23.3 Å². The Kier molecular flexibility index (Phi) is 3.34. The van der Waals surface area contributed by atoms with Crippen molar-refractivity contribution in [2.45, 2.75) is 76.2 Å². The zero-order chi connectivity index (χ0) is 16.3. The monoisotopic (exact) mass is 323 g/mol. The van der Waals surface area contributed by atoms with Crippen LogP contribution >= 0.6 is 0 Å². The molecule has 24 heavy (non-hydrogen) atoms. The Hall–Kier alpha value is -1.31. The standard InChI is InChI=1S/C22H29NO/c1-14-5-18(13-23-19-3-2-4-19)21(24)20(6-14)22-10-15-7-16(11-22)9-17(8-15)12-22/h5-6,13,15-17,19,24H,2-4,7-12H2,1H3. The SMILES string of the molecule is Cc1cc(C=NC2CCC2)c(O)c(C23CC4CC(CC(C4)C2)C3)c1. The quantitative estimate of drug-likeness (QED) is 0.768. The predicted molar refractivity (Wildman–Crippen MR) is 97.9 cm³/mol. The van der Waals surface area contributed by atoms with Crippen molar-refractivity contribution < 1.29 is 5.11 Å². The maximum atomic E-state index is 11.1. The summed E-state index contributed by atoms with van der Waals surface area (Å²) in [5, 5.41) is 11.1. The number of aliphatic imine (C=N–C) groups is 1. The molecule has 0 atom stereocenters. The number of nitrogens with zero attached hydrogens (tertiary/aromatic N) is 1. The minimum atomic E-state index is 0.254. The first-order valence-corrected chi connectivity index (χ1v) is 9.98. The van der Waals surface area contributed by atoms with Crippen LogP contribution in [-0.4, -0.2) is 17.4 Å². The van der Waals surface area contributed by atoms with Crippen LogP contribution in [0.2, 0.25) is 0 Å². The number of hydrogen-bond donors (Lipinski definition) is 1. The van der Waals surface area contributed by atoms with E-state index in [1.54, 1.807) is 0 Å². The molecular formula is C22H29NO. The third kappa shape index (κ3) is 2.33. The van der Waals surface area contributed by atoms with E-state index in [9.17, 15) is 5.11 Å². The Morgan fingerprint density at radius 3 is 2.21 bits per heavy atom. The average Bonchev–Trinajstić information content (AvgIpc) is 2.47. The van der Waals surface area contributed by atoms with Crippen molar-refractivity contribution in [3.05, 3.63) is 28.8 Å². The van der Waals surface area contributed by atoms with Gasteiger partial charge in [0.15, 0.2) is 0 Å². The fourth-order valence-corrected chi connectivity index (χ4v) is 6.47. The third-order valence-corrected chi connectivity index (χ3v) is 7.39. The normalized spacial score (nSPS) is 38.0. The van der Waals surface area contributed by atoms with Crippen LogP contribution in [0, 0.1) is 24.7 Å². The summed E-state index contributed by atoms with van der Waals surface area (Å²) in [5.41, 5.74) is 3.72. The molecule has 0 aliphatic heterocycles. The maximum Gasteiger partial charge on any atom is 0.128 e. The summed E-state index contributed by atoms with van der Waals surface area (Å²) < 4.78 is 0. The minimum absolute atomic E-state index is 0.254. The smallest absolute Gasteiger partial charge is 0.128 e. The zero-order valence-corrected chi connectivity index (χ0v) is 14.8. The molecule has 0 saturated heterocycles. The van der Waals surface area contributed by atoms with Crippen LogP contribution in [0.3, 0.4) is 0 Å². The number of phenolic OH excluding ortho intramolecular Hbond substituents is 1. The zero-order valence-electron chi connectivity index (χ0n) is 14.8. The van der Waals surface area contributed by atoms with Crippen molar-refractivity contribution in [2.24, 2.45) is 22.7 Å². The van der Waals surface area contributed by atoms with Gasteiger partial charge in [0.2, 0.25) is 0 Å². The van der Waals surface area contributed by atoms with Gasteiger partial charge in [-0.3, -0.25) is 4.99 Å². The lowest BCUT2D eigenvalue weighted by Crippen LogP contribution is -2.48. The Balaban J connectivity index is 1.53. The van der Waals surface area contributed by atoms with Crippen LogP contribution in [-0.2, 0) is 5.41 Å². The summed E-state index contributed by atoms with van der Waals surface area (Å²) >= 11 is 0. The predicted octanol–water partition coefficient (Wildman–Crippen LogP) is 5.14. The van der Waals surface area contributed by atoms with Crippen molar-refractivity contribution in [3.8, 4) is 5.75 Å². The van der Waals surface area contributed by atoms with Crippen molar-refractivity contribution >= 4 is 6.21 Å². The summed E-state index contributed by atoms with van der Waals surface area (Å²) in [4.78, 5) is 4.70. The van der Waals surface area contributed by atoms with Crippen molar-refractivity contribution in [1.29, 1.82) is 0 Å². The number of phenols is 1. The first-order valence-electron chi connectivity index (χ1n) is 9.98. The Bertz CT molecular complexity index is 650. The topological polar surface area (TPSA) is 32.6 Å². The van der Waals surface area contributed by atoms with E-state index in [1.807, 2.05) is 6.21 Å². The van der Waals surface area contributed by atoms with Gasteiger partial charge in [-0.15, -0.1) is 0 Å². The highest BCUT2D eigenvalue weighted by atomic mass is 16.3. The van der Waals surface area contributed by atoms with Gasteiger partial charge < -0.3 is 5.11 Å². The largest absolute Gasteiger partial charge is 0.507 e. The summed E-state index contributed by atoms with van der Waals surface area (Å²) in [6.07, 6.45) is 13.9. The Morgan fingerprint density at radius 1 is 1.04 bits per heavy atom. The third-order valence-electron chi connectivity index (χ3n) is 7.39. The molecule has 6 rings (SSSR count). The average molecular weight is 323 g/mol. The fraction of sp³-hybridized carbons (Fsp3) is 0.682. The van der Waals surface area contributed by atoms with Gasteiger partial charge >= 0.3 is 0 Å². The fourth-order valence-electron chi connectivity index (χ4n) is 6.47. The second kappa shape index (κ2) is 5.34. The summed E-state index contributed by atoms with van der Waals surface area (Å²) in [7, 11) is 0. The molecule has 4 bridgehead atoms. The van der Waals surface area contributed by atoms with E-state index in [2.05, 4.69) is 19.1 Å². The van der Waals surface area contributed by atoms with Gasteiger partial charge in [0.05, 0.1) is 0 Å². The van der Waals surface area contributed by atoms with E-state index >= 15 is 0 Å². The number of aryl methyl sites for hydroxylation is 1. The molecular weight excluding hydrogens is 294 g/mol. The van der Waals surface area contributed by atoms with Gasteiger partial charge in [-0.1, -0.05) is 6.07 Å². The summed E-state index contributed by atoms with van der Waals surface area (Å²) in [6, 6.07) is 4.89. The first kappa shape index (κ1) is 15.0. The van der Waals surface area contributed by atoms with Crippen LogP contribution in [0.15, 0.2) is 17.1 Å². The van der Waals surface area contributed by atoms with Crippen LogP contribution in [0.1, 0.15) is 74.5 Å². The molecule has 5 aliphatic carbocycles. The van der Waals surface area contributed by atoms with Crippen molar-refractivity contribution in [2.75, 3.05) is 0 Å². The lowest BCUT2D eigenvalue weighted by molar-refractivity contribution is -0.00616. The van der Waals surface area contributed by atoms with Gasteiger partial charge in [0.1, 0.15) is 5.75 Å². The van der Waals surface area contributed by atoms with Gasteiger partial charge in [0, 0.05) is 23.4 Å². The van der Waals surface area contributed by atoms with Crippen LogP contribution in [0.5, 0.6) is 5.75 Å². The van der Waals surface area contributed by atoms with E-state index in [4.69, 9.17) is 4.99 Å². The molecule has 5 fully saturated rings. The molecule has 0 amide bonds. The molecule has 0 spiro atoms. The molecule has 1 aromatic carbocycles. The first-order chi connectivity index (χ1) is 11.6. The lowest BCUT2D eigenvalue weighted by atomic mass is 9.48. The molecule has 5 saturated carbocycles. The summed E-state index contributed by atoms with van der Waals surface area (Å²) in [6.45, 7) is 2.17. The summed E-state index contributed by atoms with van der Waals surface area (Å²) in [5.74, 6) is 3.25. The molecule has 0 heterocycles. The molecule has 2 heteroatoms. The number of benzene rings is 1. The molecule has 0 unspecified atom stereocenters. The van der Waals surface area contributed by atoms with Crippen molar-refractivity contribution in [3.63, 3.8) is 0 Å². The molecule has 5 aliphatic rings.